The van der Waals surface area contributed by atoms with Gasteiger partial charge < -0.3 is 10.4 Å². The van der Waals surface area contributed by atoms with Crippen LogP contribution in [0.2, 0.25) is 0 Å². The van der Waals surface area contributed by atoms with Crippen LogP contribution >= 0.6 is 0 Å². The van der Waals surface area contributed by atoms with E-state index in [1.54, 1.807) is 0 Å². The maximum Gasteiger partial charge on any atom is 0.0630 e. The molecule has 0 aliphatic heterocycles. The summed E-state index contributed by atoms with van der Waals surface area (Å²) in [5.74, 6) is 0. The van der Waals surface area contributed by atoms with Crippen LogP contribution in [0.5, 0.6) is 0 Å². The minimum Gasteiger partial charge on any atom is -0.392 e. The van der Waals surface area contributed by atoms with Crippen molar-refractivity contribution in [2.75, 3.05) is 5.32 Å². The highest BCUT2D eigenvalue weighted by atomic mass is 16.3. The fraction of sp³-hybridized carbons (Fsp3) is 0.333. The molecule has 2 heteroatoms. The average molecular weight is 267 g/mol. The molecular formula is C18H21NO. The minimum atomic E-state index is -0.191. The van der Waals surface area contributed by atoms with E-state index >= 15 is 0 Å². The number of aliphatic hydroxyl groups excluding tert-OH is 1. The van der Waals surface area contributed by atoms with Crippen LogP contribution in [0.15, 0.2) is 54.6 Å². The molecule has 20 heavy (non-hydrogen) atoms. The molecule has 0 radical (unpaired) electrons. The maximum absolute atomic E-state index is 9.78. The van der Waals surface area contributed by atoms with Gasteiger partial charge in [0.05, 0.1) is 6.10 Å². The Morgan fingerprint density at radius 1 is 0.950 bits per heavy atom. The van der Waals surface area contributed by atoms with E-state index in [2.05, 4.69) is 67.7 Å². The summed E-state index contributed by atoms with van der Waals surface area (Å²) in [4.78, 5) is 0. The predicted octanol–water partition coefficient (Wildman–Crippen LogP) is 3.92. The summed E-state index contributed by atoms with van der Waals surface area (Å²) in [6.07, 6.45) is 0.636. The standard InChI is InChI=1S/C18H21NO/c1-18(2)16(12-17(18)20)19-15-10-8-14(9-11-15)13-6-4-3-5-7-13/h3-11,16-17,19-20H,12H2,1-2H3. The second-order valence-electron chi connectivity index (χ2n) is 6.21. The van der Waals surface area contributed by atoms with E-state index in [1.165, 1.54) is 11.1 Å². The SMILES string of the molecule is CC1(C)C(O)CC1Nc1ccc(-c2ccccc2)cc1. The predicted molar refractivity (Wildman–Crippen MR) is 83.7 cm³/mol. The summed E-state index contributed by atoms with van der Waals surface area (Å²) in [5, 5.41) is 13.3. The number of anilines is 1. The molecule has 0 bridgehead atoms. The number of hydrogen-bond donors (Lipinski definition) is 2. The fourth-order valence-corrected chi connectivity index (χ4v) is 2.74. The molecule has 1 saturated carbocycles. The monoisotopic (exact) mass is 267 g/mol. The summed E-state index contributed by atoms with van der Waals surface area (Å²) >= 11 is 0. The van der Waals surface area contributed by atoms with E-state index in [-0.39, 0.29) is 11.5 Å². The van der Waals surface area contributed by atoms with Crippen LogP contribution in [0.1, 0.15) is 20.3 Å². The summed E-state index contributed by atoms with van der Waals surface area (Å²) in [5.41, 5.74) is 3.54. The maximum atomic E-state index is 9.78. The van der Waals surface area contributed by atoms with Gasteiger partial charge in [-0.05, 0) is 29.7 Å². The van der Waals surface area contributed by atoms with Gasteiger partial charge in [-0.2, -0.15) is 0 Å². The molecule has 3 rings (SSSR count). The van der Waals surface area contributed by atoms with Crippen molar-refractivity contribution in [3.63, 3.8) is 0 Å². The van der Waals surface area contributed by atoms with Crippen molar-refractivity contribution in [2.24, 2.45) is 5.41 Å². The van der Waals surface area contributed by atoms with E-state index in [0.29, 0.717) is 6.04 Å². The van der Waals surface area contributed by atoms with Crippen molar-refractivity contribution >= 4 is 5.69 Å². The van der Waals surface area contributed by atoms with Crippen molar-refractivity contribution in [1.29, 1.82) is 0 Å². The van der Waals surface area contributed by atoms with Gasteiger partial charge in [0.1, 0.15) is 0 Å². The minimum absolute atomic E-state index is 0.0436. The normalized spacial score (nSPS) is 23.9. The summed E-state index contributed by atoms with van der Waals surface area (Å²) in [7, 11) is 0. The summed E-state index contributed by atoms with van der Waals surface area (Å²) < 4.78 is 0. The average Bonchev–Trinajstić information content (AvgIpc) is 2.48. The van der Waals surface area contributed by atoms with Crippen molar-refractivity contribution in [2.45, 2.75) is 32.4 Å². The Hall–Kier alpha value is -1.80. The smallest absolute Gasteiger partial charge is 0.0630 e. The quantitative estimate of drug-likeness (QED) is 0.883. The molecule has 0 spiro atoms. The van der Waals surface area contributed by atoms with Crippen molar-refractivity contribution < 1.29 is 5.11 Å². The van der Waals surface area contributed by atoms with Crippen LogP contribution in [0.3, 0.4) is 0 Å². The molecule has 2 N–H and O–H groups in total. The number of aliphatic hydroxyl groups is 1. The number of nitrogens with one attached hydrogen (secondary N) is 1. The van der Waals surface area contributed by atoms with Gasteiger partial charge >= 0.3 is 0 Å². The van der Waals surface area contributed by atoms with Gasteiger partial charge in [-0.15, -0.1) is 0 Å². The molecule has 2 aromatic carbocycles. The molecule has 0 saturated heterocycles. The van der Waals surface area contributed by atoms with Crippen LogP contribution in [-0.4, -0.2) is 17.3 Å². The van der Waals surface area contributed by atoms with Crippen LogP contribution < -0.4 is 5.32 Å². The lowest BCUT2D eigenvalue weighted by molar-refractivity contribution is -0.0510. The molecule has 104 valence electrons. The number of rotatable bonds is 3. The second-order valence-corrected chi connectivity index (χ2v) is 6.21. The van der Waals surface area contributed by atoms with Gasteiger partial charge in [-0.3, -0.25) is 0 Å². The van der Waals surface area contributed by atoms with E-state index in [4.69, 9.17) is 0 Å². The second kappa shape index (κ2) is 4.95. The molecule has 2 atom stereocenters. The van der Waals surface area contributed by atoms with E-state index in [9.17, 15) is 5.11 Å². The third-order valence-corrected chi connectivity index (χ3v) is 4.55. The van der Waals surface area contributed by atoms with Crippen molar-refractivity contribution in [1.82, 2.24) is 0 Å². The Labute approximate surface area is 120 Å². The van der Waals surface area contributed by atoms with Gasteiger partial charge in [0, 0.05) is 17.1 Å². The molecule has 1 fully saturated rings. The van der Waals surface area contributed by atoms with Gasteiger partial charge in [-0.1, -0.05) is 56.3 Å². The van der Waals surface area contributed by atoms with Crippen molar-refractivity contribution in [3.8, 4) is 11.1 Å². The molecule has 1 aliphatic carbocycles. The first-order valence-corrected chi connectivity index (χ1v) is 7.17. The molecule has 0 heterocycles. The lowest BCUT2D eigenvalue weighted by Crippen LogP contribution is -2.56. The van der Waals surface area contributed by atoms with Gasteiger partial charge in [-0.25, -0.2) is 0 Å². The first kappa shape index (κ1) is 13.2. The van der Waals surface area contributed by atoms with Crippen molar-refractivity contribution in [3.05, 3.63) is 54.6 Å². The van der Waals surface area contributed by atoms with Crippen LogP contribution in [0.4, 0.5) is 5.69 Å². The Balaban J connectivity index is 1.71. The number of hydrogen-bond acceptors (Lipinski definition) is 2. The molecule has 2 unspecified atom stereocenters. The third-order valence-electron chi connectivity index (χ3n) is 4.55. The first-order valence-electron chi connectivity index (χ1n) is 7.17. The van der Waals surface area contributed by atoms with Gasteiger partial charge in [0.25, 0.3) is 0 Å². The Bertz CT molecular complexity index is 574. The van der Waals surface area contributed by atoms with E-state index in [1.807, 2.05) is 6.07 Å². The Morgan fingerprint density at radius 3 is 2.10 bits per heavy atom. The van der Waals surface area contributed by atoms with Gasteiger partial charge in [0.15, 0.2) is 0 Å². The van der Waals surface area contributed by atoms with E-state index in [0.717, 1.165) is 12.1 Å². The zero-order chi connectivity index (χ0) is 14.2. The number of benzene rings is 2. The molecule has 2 nitrogen and oxygen atoms in total. The topological polar surface area (TPSA) is 32.3 Å². The molecule has 0 amide bonds. The lowest BCUT2D eigenvalue weighted by Gasteiger charge is -2.49. The van der Waals surface area contributed by atoms with E-state index < -0.39 is 0 Å². The van der Waals surface area contributed by atoms with Gasteiger partial charge in [0.2, 0.25) is 0 Å². The molecule has 0 aromatic heterocycles. The Morgan fingerprint density at radius 2 is 1.55 bits per heavy atom. The first-order chi connectivity index (χ1) is 9.57. The highest BCUT2D eigenvalue weighted by Gasteiger charge is 2.47. The third kappa shape index (κ3) is 2.32. The molecule has 1 aliphatic rings. The lowest BCUT2D eigenvalue weighted by atomic mass is 9.64. The van der Waals surface area contributed by atoms with Crippen LogP contribution in [0.25, 0.3) is 11.1 Å². The highest BCUT2D eigenvalue weighted by Crippen LogP contribution is 2.42. The zero-order valence-electron chi connectivity index (χ0n) is 12.0. The zero-order valence-corrected chi connectivity index (χ0v) is 12.0. The summed E-state index contributed by atoms with van der Waals surface area (Å²) in [6.45, 7) is 4.22. The Kier molecular flexibility index (Phi) is 3.27. The molecular weight excluding hydrogens is 246 g/mol. The fourth-order valence-electron chi connectivity index (χ4n) is 2.74. The molecule has 2 aromatic rings. The van der Waals surface area contributed by atoms with Crippen LogP contribution in [0, 0.1) is 5.41 Å². The summed E-state index contributed by atoms with van der Waals surface area (Å²) in [6, 6.07) is 19.2. The van der Waals surface area contributed by atoms with Crippen LogP contribution in [-0.2, 0) is 0 Å². The highest BCUT2D eigenvalue weighted by molar-refractivity contribution is 5.66. The largest absolute Gasteiger partial charge is 0.392 e.